The van der Waals surface area contributed by atoms with Crippen LogP contribution in [-0.4, -0.2) is 42.5 Å². The Morgan fingerprint density at radius 2 is 2.16 bits per heavy atom. The number of hydrogen-bond acceptors (Lipinski definition) is 4. The molecule has 0 spiro atoms. The highest BCUT2D eigenvalue weighted by atomic mass is 19.3. The molecule has 1 aromatic heterocycles. The molecule has 0 saturated heterocycles. The van der Waals surface area contributed by atoms with Crippen LogP contribution in [0.3, 0.4) is 0 Å². The average molecular weight is 352 g/mol. The number of esters is 1. The summed E-state index contributed by atoms with van der Waals surface area (Å²) >= 11 is 0. The van der Waals surface area contributed by atoms with Gasteiger partial charge < -0.3 is 19.8 Å². The first kappa shape index (κ1) is 17.2. The number of rotatable bonds is 6. The van der Waals surface area contributed by atoms with Gasteiger partial charge in [-0.15, -0.1) is 0 Å². The van der Waals surface area contributed by atoms with E-state index in [1.54, 1.807) is 18.2 Å². The molecule has 1 heterocycles. The fraction of sp³-hybridized carbons (Fsp3) is 0.412. The van der Waals surface area contributed by atoms with Gasteiger partial charge in [-0.05, 0) is 18.2 Å². The Morgan fingerprint density at radius 1 is 1.44 bits per heavy atom. The second-order valence-corrected chi connectivity index (χ2v) is 6.11. The predicted octanol–water partition coefficient (Wildman–Crippen LogP) is 2.49. The molecular formula is C17H18F2N2O4. The van der Waals surface area contributed by atoms with Crippen LogP contribution in [0.15, 0.2) is 24.3 Å². The SMILES string of the molecule is COc1cccc2[nH]c(C(=O)NCC(C)C(=O)OC3CC3(F)F)cc12. The van der Waals surface area contributed by atoms with Crippen molar-refractivity contribution in [1.82, 2.24) is 10.3 Å². The van der Waals surface area contributed by atoms with E-state index in [0.29, 0.717) is 11.4 Å². The lowest BCUT2D eigenvalue weighted by molar-refractivity contribution is -0.152. The van der Waals surface area contributed by atoms with Crippen LogP contribution in [0.25, 0.3) is 10.9 Å². The van der Waals surface area contributed by atoms with E-state index in [4.69, 9.17) is 9.47 Å². The van der Waals surface area contributed by atoms with Gasteiger partial charge in [0.05, 0.1) is 19.4 Å². The largest absolute Gasteiger partial charge is 0.496 e. The van der Waals surface area contributed by atoms with E-state index in [2.05, 4.69) is 10.3 Å². The Hall–Kier alpha value is -2.64. The van der Waals surface area contributed by atoms with Crippen molar-refractivity contribution in [3.8, 4) is 5.75 Å². The van der Waals surface area contributed by atoms with Crippen molar-refractivity contribution in [2.24, 2.45) is 5.92 Å². The topological polar surface area (TPSA) is 80.4 Å². The summed E-state index contributed by atoms with van der Waals surface area (Å²) in [5.74, 6) is -4.16. The van der Waals surface area contributed by atoms with Crippen LogP contribution >= 0.6 is 0 Å². The third-order valence-electron chi connectivity index (χ3n) is 4.09. The monoisotopic (exact) mass is 352 g/mol. The number of methoxy groups -OCH3 is 1. The van der Waals surface area contributed by atoms with E-state index >= 15 is 0 Å². The maximum atomic E-state index is 12.8. The average Bonchev–Trinajstić information content (AvgIpc) is 2.99. The summed E-state index contributed by atoms with van der Waals surface area (Å²) in [6, 6.07) is 7.04. The lowest BCUT2D eigenvalue weighted by atomic mass is 10.2. The number of halogens is 2. The van der Waals surface area contributed by atoms with Gasteiger partial charge >= 0.3 is 5.97 Å². The van der Waals surface area contributed by atoms with Crippen LogP contribution in [-0.2, 0) is 9.53 Å². The third-order valence-corrected chi connectivity index (χ3v) is 4.09. The summed E-state index contributed by atoms with van der Waals surface area (Å²) in [4.78, 5) is 26.9. The molecule has 25 heavy (non-hydrogen) atoms. The van der Waals surface area contributed by atoms with Crippen molar-refractivity contribution in [3.05, 3.63) is 30.0 Å². The van der Waals surface area contributed by atoms with Crippen LogP contribution in [0.2, 0.25) is 0 Å². The van der Waals surface area contributed by atoms with Gasteiger partial charge in [-0.25, -0.2) is 8.78 Å². The van der Waals surface area contributed by atoms with Crippen LogP contribution < -0.4 is 10.1 Å². The summed E-state index contributed by atoms with van der Waals surface area (Å²) in [6.45, 7) is 1.50. The van der Waals surface area contributed by atoms with Gasteiger partial charge in [-0.1, -0.05) is 13.0 Å². The third kappa shape index (κ3) is 3.57. The zero-order valence-corrected chi connectivity index (χ0v) is 13.8. The van der Waals surface area contributed by atoms with Crippen LogP contribution in [0.5, 0.6) is 5.75 Å². The lowest BCUT2D eigenvalue weighted by Gasteiger charge is -2.11. The number of aromatic nitrogens is 1. The number of carbonyl (C=O) groups is 2. The molecule has 0 aliphatic heterocycles. The first-order chi connectivity index (χ1) is 11.8. The Labute approximate surface area is 142 Å². The molecule has 134 valence electrons. The first-order valence-corrected chi connectivity index (χ1v) is 7.84. The predicted molar refractivity (Wildman–Crippen MR) is 85.8 cm³/mol. The van der Waals surface area contributed by atoms with E-state index in [1.165, 1.54) is 14.0 Å². The number of amides is 1. The smallest absolute Gasteiger partial charge is 0.310 e. The minimum absolute atomic E-state index is 0.0115. The fourth-order valence-corrected chi connectivity index (χ4v) is 2.42. The van der Waals surface area contributed by atoms with Crippen molar-refractivity contribution in [3.63, 3.8) is 0 Å². The number of carbonyl (C=O) groups excluding carboxylic acids is 2. The van der Waals surface area contributed by atoms with Crippen molar-refractivity contribution in [2.45, 2.75) is 25.4 Å². The Balaban J connectivity index is 1.58. The Kier molecular flexibility index (Phi) is 4.36. The first-order valence-electron chi connectivity index (χ1n) is 7.84. The van der Waals surface area contributed by atoms with E-state index in [0.717, 1.165) is 10.9 Å². The van der Waals surface area contributed by atoms with Gasteiger partial charge in [-0.3, -0.25) is 9.59 Å². The molecule has 2 N–H and O–H groups in total. The lowest BCUT2D eigenvalue weighted by Crippen LogP contribution is -2.33. The van der Waals surface area contributed by atoms with Crippen molar-refractivity contribution in [2.75, 3.05) is 13.7 Å². The summed E-state index contributed by atoms with van der Waals surface area (Å²) < 4.78 is 35.4. The normalized spacial score (nSPS) is 19.3. The molecule has 0 bridgehead atoms. The van der Waals surface area contributed by atoms with E-state index in [-0.39, 0.29) is 6.54 Å². The summed E-state index contributed by atoms with van der Waals surface area (Å²) in [5, 5.41) is 3.36. The van der Waals surface area contributed by atoms with E-state index < -0.39 is 36.2 Å². The number of benzene rings is 1. The maximum Gasteiger partial charge on any atom is 0.310 e. The van der Waals surface area contributed by atoms with E-state index in [1.807, 2.05) is 6.07 Å². The Bertz CT molecular complexity index is 818. The minimum atomic E-state index is -2.91. The van der Waals surface area contributed by atoms with Crippen LogP contribution in [0, 0.1) is 5.92 Å². The zero-order valence-electron chi connectivity index (χ0n) is 13.8. The molecular weight excluding hydrogens is 334 g/mol. The number of hydrogen-bond donors (Lipinski definition) is 2. The highest BCUT2D eigenvalue weighted by Crippen LogP contribution is 2.44. The second kappa shape index (κ2) is 6.34. The van der Waals surface area contributed by atoms with Crippen LogP contribution in [0.4, 0.5) is 8.78 Å². The summed E-state index contributed by atoms with van der Waals surface area (Å²) in [6.07, 6.45) is -1.77. The van der Waals surface area contributed by atoms with Gasteiger partial charge in [0.15, 0.2) is 6.10 Å². The molecule has 1 fully saturated rings. The number of nitrogens with one attached hydrogen (secondary N) is 2. The number of alkyl halides is 2. The molecule has 2 atom stereocenters. The number of ether oxygens (including phenoxy) is 2. The van der Waals surface area contributed by atoms with Gasteiger partial charge in [0, 0.05) is 17.4 Å². The van der Waals surface area contributed by atoms with Crippen molar-refractivity contribution >= 4 is 22.8 Å². The van der Waals surface area contributed by atoms with Crippen LogP contribution in [0.1, 0.15) is 23.8 Å². The zero-order chi connectivity index (χ0) is 18.2. The molecule has 1 aromatic carbocycles. The van der Waals surface area contributed by atoms with E-state index in [9.17, 15) is 18.4 Å². The molecule has 1 aliphatic carbocycles. The molecule has 6 nitrogen and oxygen atoms in total. The highest BCUT2D eigenvalue weighted by Gasteiger charge is 2.60. The number of aromatic amines is 1. The molecule has 1 saturated carbocycles. The summed E-state index contributed by atoms with van der Waals surface area (Å²) in [7, 11) is 1.54. The molecule has 1 amide bonds. The Morgan fingerprint density at radius 3 is 2.80 bits per heavy atom. The quantitative estimate of drug-likeness (QED) is 0.783. The minimum Gasteiger partial charge on any atom is -0.496 e. The molecule has 3 rings (SSSR count). The van der Waals surface area contributed by atoms with Crippen molar-refractivity contribution in [1.29, 1.82) is 0 Å². The maximum absolute atomic E-state index is 12.8. The van der Waals surface area contributed by atoms with Gasteiger partial charge in [0.25, 0.3) is 11.8 Å². The number of H-pyrrole nitrogens is 1. The van der Waals surface area contributed by atoms with Gasteiger partial charge in [0.2, 0.25) is 0 Å². The standard InChI is InChI=1S/C17H18F2N2O4/c1-9(16(23)25-14-7-17(14,18)19)8-20-15(22)12-6-10-11(21-12)4-3-5-13(10)24-2/h3-6,9,14,21H,7-8H2,1-2H3,(H,20,22). The molecule has 2 aromatic rings. The van der Waals surface area contributed by atoms with Crippen molar-refractivity contribution < 1.29 is 27.8 Å². The highest BCUT2D eigenvalue weighted by molar-refractivity contribution is 5.99. The molecule has 1 aliphatic rings. The number of fused-ring (bicyclic) bond motifs is 1. The molecule has 8 heteroatoms. The molecule has 0 radical (unpaired) electrons. The second-order valence-electron chi connectivity index (χ2n) is 6.11. The van der Waals surface area contributed by atoms with Gasteiger partial charge in [0.1, 0.15) is 11.4 Å². The fourth-order valence-electron chi connectivity index (χ4n) is 2.42. The molecule has 2 unspecified atom stereocenters. The summed E-state index contributed by atoms with van der Waals surface area (Å²) in [5.41, 5.74) is 1.06. The van der Waals surface area contributed by atoms with Gasteiger partial charge in [-0.2, -0.15) is 0 Å².